The summed E-state index contributed by atoms with van der Waals surface area (Å²) >= 11 is 5.91. The van der Waals surface area contributed by atoms with E-state index in [0.29, 0.717) is 5.15 Å². The third-order valence-electron chi connectivity index (χ3n) is 2.37. The normalized spacial score (nSPS) is 14.1. The number of aromatic nitrogens is 1. The van der Waals surface area contributed by atoms with Crippen LogP contribution in [-0.4, -0.2) is 16.7 Å². The fourth-order valence-corrected chi connectivity index (χ4v) is 1.39. The van der Waals surface area contributed by atoms with Gasteiger partial charge in [0.2, 0.25) is 0 Å². The van der Waals surface area contributed by atoms with Crippen molar-refractivity contribution in [2.45, 2.75) is 19.9 Å². The van der Waals surface area contributed by atoms with Crippen LogP contribution in [0.3, 0.4) is 0 Å². The quantitative estimate of drug-likeness (QED) is 0.754. The molecule has 0 aliphatic rings. The topological polar surface area (TPSA) is 59.1 Å². The molecule has 78 valence electrons. The number of aliphatic hydroxyl groups excluding tert-OH is 1. The summed E-state index contributed by atoms with van der Waals surface area (Å²) in [5, 5.41) is 9.58. The van der Waals surface area contributed by atoms with Crippen molar-refractivity contribution in [3.63, 3.8) is 0 Å². The van der Waals surface area contributed by atoms with Crippen LogP contribution in [-0.2, 0) is 0 Å². The molecule has 1 heterocycles. The lowest BCUT2D eigenvalue weighted by Crippen LogP contribution is -2.32. The van der Waals surface area contributed by atoms with Crippen molar-refractivity contribution < 1.29 is 5.11 Å². The van der Waals surface area contributed by atoms with Gasteiger partial charge >= 0.3 is 0 Å². The summed E-state index contributed by atoms with van der Waals surface area (Å²) in [5.74, 6) is 0. The maximum Gasteiger partial charge on any atom is 0.133 e. The van der Waals surface area contributed by atoms with Crippen LogP contribution in [0.5, 0.6) is 0 Å². The number of pyridine rings is 1. The lowest BCUT2D eigenvalue weighted by atomic mass is 9.82. The van der Waals surface area contributed by atoms with E-state index in [2.05, 4.69) is 4.98 Å². The Kier molecular flexibility index (Phi) is 3.48. The average molecular weight is 215 g/mol. The maximum atomic E-state index is 9.17. The van der Waals surface area contributed by atoms with Gasteiger partial charge in [0.25, 0.3) is 0 Å². The molecular formula is C10H15ClN2O. The van der Waals surface area contributed by atoms with Crippen LogP contribution >= 0.6 is 11.6 Å². The minimum Gasteiger partial charge on any atom is -0.396 e. The van der Waals surface area contributed by atoms with E-state index >= 15 is 0 Å². The van der Waals surface area contributed by atoms with E-state index in [0.717, 1.165) is 5.56 Å². The molecule has 0 saturated carbocycles. The Morgan fingerprint density at radius 2 is 2.29 bits per heavy atom. The Hall–Kier alpha value is -0.640. The fourth-order valence-electron chi connectivity index (χ4n) is 1.15. The van der Waals surface area contributed by atoms with Crippen molar-refractivity contribution in [2.24, 2.45) is 11.1 Å². The third kappa shape index (κ3) is 2.23. The van der Waals surface area contributed by atoms with Gasteiger partial charge in [0.15, 0.2) is 0 Å². The zero-order chi connectivity index (χ0) is 10.8. The van der Waals surface area contributed by atoms with Gasteiger partial charge in [-0.3, -0.25) is 0 Å². The van der Waals surface area contributed by atoms with E-state index in [9.17, 15) is 5.11 Å². The zero-order valence-electron chi connectivity index (χ0n) is 8.37. The number of rotatable bonds is 3. The molecule has 0 bridgehead atoms. The second-order valence-electron chi connectivity index (χ2n) is 4.01. The molecule has 0 spiro atoms. The Morgan fingerprint density at radius 3 is 2.79 bits per heavy atom. The first-order valence-electron chi connectivity index (χ1n) is 4.46. The minimum absolute atomic E-state index is 0.0133. The Bertz CT molecular complexity index is 315. The molecule has 1 aromatic heterocycles. The molecule has 1 aromatic rings. The molecule has 0 amide bonds. The predicted octanol–water partition coefficient (Wildman–Crippen LogP) is 1.75. The summed E-state index contributed by atoms with van der Waals surface area (Å²) in [7, 11) is 0. The van der Waals surface area contributed by atoms with Crippen molar-refractivity contribution in [3.8, 4) is 0 Å². The molecule has 0 fully saturated rings. The van der Waals surface area contributed by atoms with Crippen LogP contribution < -0.4 is 5.73 Å². The van der Waals surface area contributed by atoms with Crippen LogP contribution in [0, 0.1) is 5.41 Å². The number of nitrogens with zero attached hydrogens (tertiary/aromatic N) is 1. The summed E-state index contributed by atoms with van der Waals surface area (Å²) < 4.78 is 0. The van der Waals surface area contributed by atoms with Crippen LogP contribution in [0.2, 0.25) is 5.15 Å². The summed E-state index contributed by atoms with van der Waals surface area (Å²) in [5.41, 5.74) is 6.38. The van der Waals surface area contributed by atoms with Crippen molar-refractivity contribution in [1.29, 1.82) is 0 Å². The Labute approximate surface area is 88.9 Å². The molecule has 1 unspecified atom stereocenters. The van der Waals surface area contributed by atoms with Crippen molar-refractivity contribution in [3.05, 3.63) is 29.0 Å². The van der Waals surface area contributed by atoms with Gasteiger partial charge in [0.1, 0.15) is 5.15 Å². The second-order valence-corrected chi connectivity index (χ2v) is 4.37. The first-order valence-corrected chi connectivity index (χ1v) is 4.83. The first-order chi connectivity index (χ1) is 6.49. The van der Waals surface area contributed by atoms with E-state index in [-0.39, 0.29) is 12.6 Å². The minimum atomic E-state index is -0.396. The highest BCUT2D eigenvalue weighted by atomic mass is 35.5. The molecule has 0 aromatic carbocycles. The Balaban J connectivity index is 3.00. The fraction of sp³-hybridized carbons (Fsp3) is 0.500. The maximum absolute atomic E-state index is 9.17. The first kappa shape index (κ1) is 11.4. The summed E-state index contributed by atoms with van der Waals surface area (Å²) in [6.07, 6.45) is 1.62. The molecule has 0 saturated heterocycles. The van der Waals surface area contributed by atoms with E-state index in [4.69, 9.17) is 17.3 Å². The lowest BCUT2D eigenvalue weighted by molar-refractivity contribution is 0.132. The largest absolute Gasteiger partial charge is 0.396 e. The van der Waals surface area contributed by atoms with Crippen molar-refractivity contribution in [1.82, 2.24) is 4.98 Å². The van der Waals surface area contributed by atoms with E-state index in [1.165, 1.54) is 0 Å². The monoisotopic (exact) mass is 214 g/mol. The standard InChI is InChI=1S/C10H15ClN2O/c1-10(2,6-14)8(12)7-4-3-5-13-9(7)11/h3-5,8,14H,6,12H2,1-2H3. The smallest absolute Gasteiger partial charge is 0.133 e. The molecule has 1 rings (SSSR count). The third-order valence-corrected chi connectivity index (χ3v) is 2.69. The lowest BCUT2D eigenvalue weighted by Gasteiger charge is -2.29. The average Bonchev–Trinajstić information content (AvgIpc) is 2.17. The number of hydrogen-bond donors (Lipinski definition) is 2. The highest BCUT2D eigenvalue weighted by Crippen LogP contribution is 2.33. The van der Waals surface area contributed by atoms with E-state index in [1.54, 1.807) is 12.3 Å². The SMILES string of the molecule is CC(C)(CO)C(N)c1cccnc1Cl. The second kappa shape index (κ2) is 4.26. The highest BCUT2D eigenvalue weighted by molar-refractivity contribution is 6.30. The summed E-state index contributed by atoms with van der Waals surface area (Å²) in [4.78, 5) is 3.95. The highest BCUT2D eigenvalue weighted by Gasteiger charge is 2.28. The molecule has 3 N–H and O–H groups in total. The van der Waals surface area contributed by atoms with Gasteiger partial charge in [-0.05, 0) is 6.07 Å². The van der Waals surface area contributed by atoms with Gasteiger partial charge in [-0.15, -0.1) is 0 Å². The van der Waals surface area contributed by atoms with Gasteiger partial charge < -0.3 is 10.8 Å². The van der Waals surface area contributed by atoms with Crippen molar-refractivity contribution in [2.75, 3.05) is 6.61 Å². The van der Waals surface area contributed by atoms with Gasteiger partial charge in [0.05, 0.1) is 0 Å². The number of halogens is 1. The van der Waals surface area contributed by atoms with Gasteiger partial charge in [-0.25, -0.2) is 4.98 Å². The van der Waals surface area contributed by atoms with Crippen LogP contribution in [0.25, 0.3) is 0 Å². The zero-order valence-corrected chi connectivity index (χ0v) is 9.12. The molecular weight excluding hydrogens is 200 g/mol. The molecule has 1 atom stereocenters. The predicted molar refractivity (Wildman–Crippen MR) is 57.0 cm³/mol. The summed E-state index contributed by atoms with van der Waals surface area (Å²) in [6.45, 7) is 3.79. The number of nitrogens with two attached hydrogens (primary N) is 1. The molecule has 4 heteroatoms. The van der Waals surface area contributed by atoms with E-state index < -0.39 is 5.41 Å². The Morgan fingerprint density at radius 1 is 1.64 bits per heavy atom. The van der Waals surface area contributed by atoms with Crippen LogP contribution in [0.15, 0.2) is 18.3 Å². The molecule has 0 radical (unpaired) electrons. The molecule has 0 aliphatic carbocycles. The van der Waals surface area contributed by atoms with Crippen molar-refractivity contribution >= 4 is 11.6 Å². The van der Waals surface area contributed by atoms with Gasteiger partial charge in [0, 0.05) is 29.8 Å². The molecule has 0 aliphatic heterocycles. The number of hydrogen-bond acceptors (Lipinski definition) is 3. The number of aliphatic hydroxyl groups is 1. The summed E-state index contributed by atoms with van der Waals surface area (Å²) in [6, 6.07) is 3.31. The van der Waals surface area contributed by atoms with Crippen LogP contribution in [0.4, 0.5) is 0 Å². The molecule has 14 heavy (non-hydrogen) atoms. The molecule has 3 nitrogen and oxygen atoms in total. The van der Waals surface area contributed by atoms with Gasteiger partial charge in [-0.2, -0.15) is 0 Å². The van der Waals surface area contributed by atoms with Gasteiger partial charge in [-0.1, -0.05) is 31.5 Å². The van der Waals surface area contributed by atoms with E-state index in [1.807, 2.05) is 19.9 Å². The van der Waals surface area contributed by atoms with Crippen LogP contribution in [0.1, 0.15) is 25.5 Å².